The lowest BCUT2D eigenvalue weighted by atomic mass is 9.80. The van der Waals surface area contributed by atoms with E-state index in [9.17, 15) is 9.90 Å². The van der Waals surface area contributed by atoms with Crippen LogP contribution in [0.5, 0.6) is 23.0 Å². The lowest BCUT2D eigenvalue weighted by molar-refractivity contribution is -0.134. The highest BCUT2D eigenvalue weighted by Crippen LogP contribution is 2.46. The number of hydrogen-bond donors (Lipinski definition) is 1. The van der Waals surface area contributed by atoms with Gasteiger partial charge in [0.1, 0.15) is 34.2 Å². The van der Waals surface area contributed by atoms with Gasteiger partial charge >= 0.3 is 0 Å². The molecule has 0 spiro atoms. The topological polar surface area (TPSA) is 86.7 Å². The number of ether oxygens (including phenoxy) is 5. The average Bonchev–Trinajstić information content (AvgIpc) is 3.73. The van der Waals surface area contributed by atoms with Crippen molar-refractivity contribution in [3.8, 4) is 23.0 Å². The molecule has 1 fully saturated rings. The van der Waals surface area contributed by atoms with Crippen molar-refractivity contribution in [3.05, 3.63) is 118 Å². The molecular weight excluding hydrogens is 859 g/mol. The summed E-state index contributed by atoms with van der Waals surface area (Å²) in [6.07, 6.45) is 16.5. The van der Waals surface area contributed by atoms with Crippen LogP contribution in [0.1, 0.15) is 170 Å². The summed E-state index contributed by atoms with van der Waals surface area (Å²) in [5, 5.41) is 10.9. The standard InChI is InChI=1S/C61H87NO7/c1-43(2)20-17-21-44(3)22-18-23-45(4)24-19-37-60(8)38-36-56-48(7)58(46(5)47(6)59(56)69-60)67-39-16-12-15-27-57(64)62-41-53(63)40-52(62)42-68-61(49-25-13-11-14-26-49,50-28-32-54(65-9)33-29-50)51-30-34-55(66-10)35-31-51/h11,13-14,25-26,28-35,43-45,52-53,63H,12,15-24,27,36-42H2,1-10H3/t44-,45-,52+,53-,60-/m1/s1. The highest BCUT2D eigenvalue weighted by molar-refractivity contribution is 5.77. The maximum absolute atomic E-state index is 13.9. The van der Waals surface area contributed by atoms with Crippen LogP contribution >= 0.6 is 0 Å². The molecule has 0 aliphatic carbocycles. The fourth-order valence-corrected chi connectivity index (χ4v) is 11.0. The molecule has 0 saturated carbocycles. The number of aliphatic hydroxyl groups is 1. The molecule has 4 aromatic rings. The van der Waals surface area contributed by atoms with E-state index < -0.39 is 11.7 Å². The molecule has 5 atom stereocenters. The van der Waals surface area contributed by atoms with Gasteiger partial charge in [-0.25, -0.2) is 0 Å². The summed E-state index contributed by atoms with van der Waals surface area (Å²) in [6, 6.07) is 25.8. The van der Waals surface area contributed by atoms with Gasteiger partial charge < -0.3 is 33.7 Å². The fourth-order valence-electron chi connectivity index (χ4n) is 11.0. The van der Waals surface area contributed by atoms with Crippen LogP contribution in [-0.4, -0.2) is 67.6 Å². The van der Waals surface area contributed by atoms with Crippen molar-refractivity contribution in [1.82, 2.24) is 4.90 Å². The molecule has 0 unspecified atom stereocenters. The maximum Gasteiger partial charge on any atom is 0.222 e. The van der Waals surface area contributed by atoms with Crippen molar-refractivity contribution in [2.75, 3.05) is 34.0 Å². The van der Waals surface area contributed by atoms with Gasteiger partial charge in [-0.2, -0.15) is 0 Å². The summed E-state index contributed by atoms with van der Waals surface area (Å²) >= 11 is 0. The molecule has 0 bridgehead atoms. The van der Waals surface area contributed by atoms with Gasteiger partial charge in [-0.05, 0) is 154 Å². The van der Waals surface area contributed by atoms with Crippen molar-refractivity contribution >= 4 is 5.91 Å². The minimum atomic E-state index is -1.01. The molecule has 1 saturated heterocycles. The number of fused-ring (bicyclic) bond motifs is 1. The van der Waals surface area contributed by atoms with Crippen LogP contribution in [0.3, 0.4) is 0 Å². The Kier molecular flexibility index (Phi) is 19.9. The second kappa shape index (κ2) is 25.5. The van der Waals surface area contributed by atoms with Crippen LogP contribution < -0.4 is 18.9 Å². The summed E-state index contributed by atoms with van der Waals surface area (Å²) in [5.74, 6) is 6.04. The third kappa shape index (κ3) is 14.1. The van der Waals surface area contributed by atoms with E-state index in [1.165, 1.54) is 68.1 Å². The smallest absolute Gasteiger partial charge is 0.222 e. The summed E-state index contributed by atoms with van der Waals surface area (Å²) in [6.45, 7) is 19.6. The molecule has 69 heavy (non-hydrogen) atoms. The van der Waals surface area contributed by atoms with E-state index in [-0.39, 0.29) is 24.2 Å². The number of likely N-dealkylation sites (tertiary alicyclic amines) is 1. The predicted octanol–water partition coefficient (Wildman–Crippen LogP) is 14.1. The Hall–Kier alpha value is -4.53. The predicted molar refractivity (Wildman–Crippen MR) is 281 cm³/mol. The summed E-state index contributed by atoms with van der Waals surface area (Å²) in [4.78, 5) is 15.8. The van der Waals surface area contributed by atoms with Crippen molar-refractivity contribution in [3.63, 3.8) is 0 Å². The first-order valence-electron chi connectivity index (χ1n) is 26.6. The molecule has 1 N–H and O–H groups in total. The lowest BCUT2D eigenvalue weighted by Gasteiger charge is -2.38. The zero-order valence-electron chi connectivity index (χ0n) is 44.2. The number of methoxy groups -OCH3 is 2. The molecule has 8 heteroatoms. The van der Waals surface area contributed by atoms with E-state index in [0.717, 1.165) is 102 Å². The number of hydrogen-bond acceptors (Lipinski definition) is 7. The average molecular weight is 946 g/mol. The molecule has 2 heterocycles. The first kappa shape index (κ1) is 53.8. The quantitative estimate of drug-likeness (QED) is 0.0471. The monoisotopic (exact) mass is 946 g/mol. The van der Waals surface area contributed by atoms with E-state index >= 15 is 0 Å². The lowest BCUT2D eigenvalue weighted by Crippen LogP contribution is -2.42. The third-order valence-corrected chi connectivity index (χ3v) is 15.5. The Labute approximate surface area is 416 Å². The Balaban J connectivity index is 0.991. The minimum absolute atomic E-state index is 0.0479. The summed E-state index contributed by atoms with van der Waals surface area (Å²) in [5.41, 5.74) is 6.52. The number of amides is 1. The van der Waals surface area contributed by atoms with Gasteiger partial charge in [-0.3, -0.25) is 4.79 Å². The fraction of sp³-hybridized carbons (Fsp3) is 0.590. The Morgan fingerprint density at radius 2 is 1.32 bits per heavy atom. The second-order valence-corrected chi connectivity index (χ2v) is 21.5. The molecule has 6 rings (SSSR count). The Morgan fingerprint density at radius 1 is 0.739 bits per heavy atom. The van der Waals surface area contributed by atoms with Gasteiger partial charge in [0.05, 0.1) is 39.6 Å². The molecule has 0 aromatic heterocycles. The molecule has 2 aliphatic heterocycles. The highest BCUT2D eigenvalue weighted by Gasteiger charge is 2.42. The Bertz CT molecular complexity index is 2140. The number of rotatable bonds is 27. The summed E-state index contributed by atoms with van der Waals surface area (Å²) < 4.78 is 31.7. The van der Waals surface area contributed by atoms with Crippen molar-refractivity contribution in [2.24, 2.45) is 17.8 Å². The number of aliphatic hydroxyl groups excluding tert-OH is 1. The number of unbranched alkanes of at least 4 members (excludes halogenated alkanes) is 2. The van der Waals surface area contributed by atoms with Crippen LogP contribution in [-0.2, 0) is 21.6 Å². The van der Waals surface area contributed by atoms with Crippen molar-refractivity contribution < 1.29 is 33.6 Å². The van der Waals surface area contributed by atoms with Gasteiger partial charge in [-0.15, -0.1) is 0 Å². The van der Waals surface area contributed by atoms with Crippen molar-refractivity contribution in [2.45, 2.75) is 181 Å². The number of carbonyl (C=O) groups excluding carboxylic acids is 1. The molecule has 1 amide bonds. The molecule has 8 nitrogen and oxygen atoms in total. The molecular formula is C61H87NO7. The van der Waals surface area contributed by atoms with E-state index in [1.807, 2.05) is 71.6 Å². The number of carbonyl (C=O) groups is 1. The second-order valence-electron chi connectivity index (χ2n) is 21.5. The SMILES string of the molecule is COc1ccc(C(OC[C@@H]2C[C@@H](O)CN2C(=O)CCCCCOc2c(C)c(C)c3c(c2C)CC[C@@](C)(CCC[C@H](C)CCC[C@H](C)CCCC(C)C)O3)(c2ccccc2)c2ccc(OC)cc2)cc1. The van der Waals surface area contributed by atoms with Crippen LogP contribution in [0.4, 0.5) is 0 Å². The van der Waals surface area contributed by atoms with Gasteiger partial charge in [-0.1, -0.05) is 127 Å². The highest BCUT2D eigenvalue weighted by atomic mass is 16.5. The molecule has 378 valence electrons. The molecule has 2 aliphatic rings. The van der Waals surface area contributed by atoms with E-state index in [4.69, 9.17) is 23.7 Å². The first-order chi connectivity index (χ1) is 33.2. The number of benzene rings is 4. The van der Waals surface area contributed by atoms with E-state index in [0.29, 0.717) is 26.0 Å². The summed E-state index contributed by atoms with van der Waals surface area (Å²) in [7, 11) is 3.32. The maximum atomic E-state index is 13.9. The van der Waals surface area contributed by atoms with Gasteiger partial charge in [0, 0.05) is 18.5 Å². The third-order valence-electron chi connectivity index (χ3n) is 15.5. The Morgan fingerprint density at radius 3 is 1.91 bits per heavy atom. The first-order valence-corrected chi connectivity index (χ1v) is 26.6. The minimum Gasteiger partial charge on any atom is -0.497 e. The zero-order chi connectivity index (χ0) is 49.6. The largest absolute Gasteiger partial charge is 0.497 e. The van der Waals surface area contributed by atoms with E-state index in [2.05, 4.69) is 67.5 Å². The zero-order valence-corrected chi connectivity index (χ0v) is 44.2. The van der Waals surface area contributed by atoms with E-state index in [1.54, 1.807) is 14.2 Å². The normalized spacial score (nSPS) is 19.0. The number of β-amino-alcohol motifs (C(OH)–C–C–N with tert-alkyl or cyclic N) is 1. The van der Waals surface area contributed by atoms with Crippen LogP contribution in [0, 0.1) is 38.5 Å². The number of nitrogens with zero attached hydrogens (tertiary/aromatic N) is 1. The van der Waals surface area contributed by atoms with Crippen LogP contribution in [0.15, 0.2) is 78.9 Å². The van der Waals surface area contributed by atoms with Crippen LogP contribution in [0.2, 0.25) is 0 Å². The van der Waals surface area contributed by atoms with Crippen molar-refractivity contribution in [1.29, 1.82) is 0 Å². The van der Waals surface area contributed by atoms with Gasteiger partial charge in [0.2, 0.25) is 5.91 Å². The van der Waals surface area contributed by atoms with Crippen LogP contribution in [0.25, 0.3) is 0 Å². The van der Waals surface area contributed by atoms with Gasteiger partial charge in [0.25, 0.3) is 0 Å². The molecule has 4 aromatic carbocycles. The molecule has 0 radical (unpaired) electrons. The van der Waals surface area contributed by atoms with Gasteiger partial charge in [0.15, 0.2) is 0 Å².